The highest BCUT2D eigenvalue weighted by molar-refractivity contribution is 5.53. The molecule has 1 heterocycles. The van der Waals surface area contributed by atoms with Crippen LogP contribution in [0.4, 0.5) is 5.69 Å². The van der Waals surface area contributed by atoms with E-state index in [0.29, 0.717) is 6.04 Å². The monoisotopic (exact) mass is 245 g/mol. The van der Waals surface area contributed by atoms with Gasteiger partial charge in [0.15, 0.2) is 0 Å². The highest BCUT2D eigenvalue weighted by Crippen LogP contribution is 2.19. The van der Waals surface area contributed by atoms with Gasteiger partial charge in [0.1, 0.15) is 0 Å². The van der Waals surface area contributed by atoms with Gasteiger partial charge < -0.3 is 10.2 Å². The lowest BCUT2D eigenvalue weighted by Crippen LogP contribution is -2.27. The highest BCUT2D eigenvalue weighted by atomic mass is 15.1. The van der Waals surface area contributed by atoms with E-state index < -0.39 is 0 Å². The van der Waals surface area contributed by atoms with E-state index in [-0.39, 0.29) is 0 Å². The summed E-state index contributed by atoms with van der Waals surface area (Å²) in [7, 11) is 0. The third kappa shape index (κ3) is 4.34. The summed E-state index contributed by atoms with van der Waals surface area (Å²) < 4.78 is 0. The Morgan fingerprint density at radius 3 is 2.56 bits per heavy atom. The molecule has 0 aliphatic heterocycles. The SMILES string of the molecule is C=CCN(CC=C)c1ccncc1CNC(C)C. The van der Waals surface area contributed by atoms with Crippen molar-refractivity contribution in [1.29, 1.82) is 0 Å². The maximum Gasteiger partial charge on any atom is 0.0448 e. The van der Waals surface area contributed by atoms with Crippen LogP contribution in [-0.2, 0) is 6.54 Å². The minimum absolute atomic E-state index is 0.463. The van der Waals surface area contributed by atoms with E-state index in [0.717, 1.165) is 19.6 Å². The van der Waals surface area contributed by atoms with E-state index in [1.807, 2.05) is 30.6 Å². The molecule has 0 amide bonds. The van der Waals surface area contributed by atoms with Gasteiger partial charge in [-0.05, 0) is 6.07 Å². The fourth-order valence-electron chi connectivity index (χ4n) is 1.76. The summed E-state index contributed by atoms with van der Waals surface area (Å²) in [5.74, 6) is 0. The number of anilines is 1. The predicted molar refractivity (Wildman–Crippen MR) is 78.8 cm³/mol. The Morgan fingerprint density at radius 2 is 2.00 bits per heavy atom. The molecule has 0 unspecified atom stereocenters. The standard InChI is InChI=1S/C15H23N3/c1-5-9-18(10-6-2)15-7-8-16-11-14(15)12-17-13(3)4/h5-8,11,13,17H,1-2,9-10,12H2,3-4H3. The molecule has 0 fully saturated rings. The lowest BCUT2D eigenvalue weighted by molar-refractivity contribution is 0.587. The Bertz CT molecular complexity index is 375. The first-order valence-electron chi connectivity index (χ1n) is 6.32. The molecule has 1 N–H and O–H groups in total. The summed E-state index contributed by atoms with van der Waals surface area (Å²) in [6.45, 7) is 14.3. The molecule has 1 aromatic heterocycles. The first-order valence-corrected chi connectivity index (χ1v) is 6.32. The Morgan fingerprint density at radius 1 is 1.33 bits per heavy atom. The predicted octanol–water partition coefficient (Wildman–Crippen LogP) is 2.76. The number of nitrogens with one attached hydrogen (secondary N) is 1. The van der Waals surface area contributed by atoms with Gasteiger partial charge in [-0.1, -0.05) is 26.0 Å². The molecule has 0 spiro atoms. The fraction of sp³-hybridized carbons (Fsp3) is 0.400. The van der Waals surface area contributed by atoms with Crippen LogP contribution in [0.25, 0.3) is 0 Å². The van der Waals surface area contributed by atoms with Gasteiger partial charge in [-0.3, -0.25) is 4.98 Å². The van der Waals surface area contributed by atoms with Crippen molar-refractivity contribution in [3.8, 4) is 0 Å². The van der Waals surface area contributed by atoms with Gasteiger partial charge in [-0.15, -0.1) is 13.2 Å². The Kier molecular flexibility index (Phi) is 6.15. The number of nitrogens with zero attached hydrogens (tertiary/aromatic N) is 2. The summed E-state index contributed by atoms with van der Waals surface area (Å²) in [4.78, 5) is 6.44. The molecule has 0 radical (unpaired) electrons. The van der Waals surface area contributed by atoms with Crippen LogP contribution >= 0.6 is 0 Å². The van der Waals surface area contributed by atoms with Gasteiger partial charge in [0.2, 0.25) is 0 Å². The molecule has 3 nitrogen and oxygen atoms in total. The molecule has 18 heavy (non-hydrogen) atoms. The van der Waals surface area contributed by atoms with Gasteiger partial charge in [-0.25, -0.2) is 0 Å². The van der Waals surface area contributed by atoms with Crippen LogP contribution in [0.15, 0.2) is 43.8 Å². The second-order valence-electron chi connectivity index (χ2n) is 4.52. The van der Waals surface area contributed by atoms with E-state index in [2.05, 4.69) is 42.2 Å². The number of rotatable bonds is 8. The van der Waals surface area contributed by atoms with Crippen LogP contribution in [-0.4, -0.2) is 24.1 Å². The Labute approximate surface area is 110 Å². The largest absolute Gasteiger partial charge is 0.364 e. The van der Waals surface area contributed by atoms with Gasteiger partial charge in [0.05, 0.1) is 0 Å². The molecule has 1 rings (SSSR count). The van der Waals surface area contributed by atoms with Crippen molar-refractivity contribution >= 4 is 5.69 Å². The second kappa shape index (κ2) is 7.67. The van der Waals surface area contributed by atoms with E-state index in [1.165, 1.54) is 11.3 Å². The maximum atomic E-state index is 4.21. The summed E-state index contributed by atoms with van der Waals surface area (Å²) in [5.41, 5.74) is 2.40. The number of aromatic nitrogens is 1. The van der Waals surface area contributed by atoms with Crippen molar-refractivity contribution < 1.29 is 0 Å². The highest BCUT2D eigenvalue weighted by Gasteiger charge is 2.09. The summed E-state index contributed by atoms with van der Waals surface area (Å²) in [6.07, 6.45) is 7.56. The lowest BCUT2D eigenvalue weighted by atomic mass is 10.2. The molecule has 0 atom stereocenters. The van der Waals surface area contributed by atoms with Gasteiger partial charge in [0.25, 0.3) is 0 Å². The van der Waals surface area contributed by atoms with Crippen molar-refractivity contribution in [2.45, 2.75) is 26.4 Å². The van der Waals surface area contributed by atoms with Gasteiger partial charge in [0, 0.05) is 49.3 Å². The molecule has 1 aromatic rings. The van der Waals surface area contributed by atoms with Gasteiger partial charge in [-0.2, -0.15) is 0 Å². The smallest absolute Gasteiger partial charge is 0.0448 e. The van der Waals surface area contributed by atoms with Crippen LogP contribution in [0.1, 0.15) is 19.4 Å². The molecule has 0 saturated carbocycles. The molecule has 0 saturated heterocycles. The Balaban J connectivity index is 2.89. The lowest BCUT2D eigenvalue weighted by Gasteiger charge is -2.24. The Hall–Kier alpha value is -1.61. The number of hydrogen-bond acceptors (Lipinski definition) is 3. The van der Waals surface area contributed by atoms with Crippen molar-refractivity contribution in [2.24, 2.45) is 0 Å². The molecule has 0 aliphatic rings. The van der Waals surface area contributed by atoms with Crippen LogP contribution in [0.2, 0.25) is 0 Å². The minimum atomic E-state index is 0.463. The topological polar surface area (TPSA) is 28.2 Å². The van der Waals surface area contributed by atoms with Crippen LogP contribution in [0.5, 0.6) is 0 Å². The first-order chi connectivity index (χ1) is 8.69. The zero-order valence-electron chi connectivity index (χ0n) is 11.4. The van der Waals surface area contributed by atoms with Crippen molar-refractivity contribution in [1.82, 2.24) is 10.3 Å². The second-order valence-corrected chi connectivity index (χ2v) is 4.52. The zero-order chi connectivity index (χ0) is 13.4. The number of hydrogen-bond donors (Lipinski definition) is 1. The van der Waals surface area contributed by atoms with Crippen molar-refractivity contribution in [2.75, 3.05) is 18.0 Å². The van der Waals surface area contributed by atoms with E-state index in [1.54, 1.807) is 0 Å². The molecule has 98 valence electrons. The van der Waals surface area contributed by atoms with Crippen molar-refractivity contribution in [3.05, 3.63) is 49.3 Å². The van der Waals surface area contributed by atoms with E-state index in [4.69, 9.17) is 0 Å². The molecule has 0 aliphatic carbocycles. The third-order valence-electron chi connectivity index (χ3n) is 2.62. The van der Waals surface area contributed by atoms with Crippen LogP contribution in [0, 0.1) is 0 Å². The quantitative estimate of drug-likeness (QED) is 0.714. The first kappa shape index (κ1) is 14.5. The molecular formula is C15H23N3. The molecular weight excluding hydrogens is 222 g/mol. The van der Waals surface area contributed by atoms with E-state index in [9.17, 15) is 0 Å². The zero-order valence-corrected chi connectivity index (χ0v) is 11.4. The summed E-state index contributed by atoms with van der Waals surface area (Å²) in [6, 6.07) is 2.51. The molecule has 0 bridgehead atoms. The normalized spacial score (nSPS) is 10.4. The van der Waals surface area contributed by atoms with Crippen LogP contribution in [0.3, 0.4) is 0 Å². The third-order valence-corrected chi connectivity index (χ3v) is 2.62. The minimum Gasteiger partial charge on any atom is -0.364 e. The molecule has 0 aromatic carbocycles. The summed E-state index contributed by atoms with van der Waals surface area (Å²) in [5, 5.41) is 3.42. The average Bonchev–Trinajstić information content (AvgIpc) is 2.36. The fourth-order valence-corrected chi connectivity index (χ4v) is 1.76. The van der Waals surface area contributed by atoms with Gasteiger partial charge >= 0.3 is 0 Å². The maximum absolute atomic E-state index is 4.21. The number of pyridine rings is 1. The summed E-state index contributed by atoms with van der Waals surface area (Å²) >= 11 is 0. The molecule has 3 heteroatoms. The van der Waals surface area contributed by atoms with E-state index >= 15 is 0 Å². The van der Waals surface area contributed by atoms with Crippen molar-refractivity contribution in [3.63, 3.8) is 0 Å². The van der Waals surface area contributed by atoms with Crippen LogP contribution < -0.4 is 10.2 Å². The average molecular weight is 245 g/mol.